The number of benzene rings is 2. The Kier molecular flexibility index (Phi) is 7.83. The molecule has 0 bridgehead atoms. The summed E-state index contributed by atoms with van der Waals surface area (Å²) in [6.07, 6.45) is 1.50. The lowest BCUT2D eigenvalue weighted by atomic mass is 10.2. The van der Waals surface area contributed by atoms with E-state index in [1.54, 1.807) is 28.9 Å². The number of aryl methyl sites for hydroxylation is 2. The molecule has 3 rings (SSSR count). The predicted molar refractivity (Wildman–Crippen MR) is 121 cm³/mol. The number of halogens is 2. The van der Waals surface area contributed by atoms with Crippen LogP contribution in [0.2, 0.25) is 5.02 Å². The van der Waals surface area contributed by atoms with Crippen molar-refractivity contribution in [3.8, 4) is 11.5 Å². The first-order chi connectivity index (χ1) is 15.4. The molecule has 0 atom stereocenters. The molecule has 1 N–H and O–H groups in total. The van der Waals surface area contributed by atoms with Crippen LogP contribution in [0.25, 0.3) is 0 Å². The molecule has 1 aromatic heterocycles. The summed E-state index contributed by atoms with van der Waals surface area (Å²) in [5.74, 6) is 0.185. The van der Waals surface area contributed by atoms with Crippen molar-refractivity contribution in [3.05, 3.63) is 75.8 Å². The van der Waals surface area contributed by atoms with Crippen LogP contribution in [0.15, 0.2) is 47.6 Å². The topological polar surface area (TPSA) is 77.7 Å². The van der Waals surface area contributed by atoms with Crippen LogP contribution in [-0.2, 0) is 17.9 Å². The third-order valence-corrected chi connectivity index (χ3v) is 4.86. The highest BCUT2D eigenvalue weighted by molar-refractivity contribution is 6.31. The molecule has 0 radical (unpaired) electrons. The summed E-state index contributed by atoms with van der Waals surface area (Å²) in [5, 5.41) is 8.54. The van der Waals surface area contributed by atoms with Gasteiger partial charge in [-0.3, -0.25) is 9.48 Å². The van der Waals surface area contributed by atoms with Crippen molar-refractivity contribution in [3.63, 3.8) is 0 Å². The first kappa shape index (κ1) is 23.3. The summed E-state index contributed by atoms with van der Waals surface area (Å²) < 4.78 is 27.0. The Bertz CT molecular complexity index is 1110. The van der Waals surface area contributed by atoms with Gasteiger partial charge in [-0.25, -0.2) is 9.82 Å². The third kappa shape index (κ3) is 6.07. The Morgan fingerprint density at radius 3 is 2.72 bits per heavy atom. The molecule has 9 heteroatoms. The zero-order valence-electron chi connectivity index (χ0n) is 18.1. The first-order valence-corrected chi connectivity index (χ1v) is 10.4. The fraction of sp³-hybridized carbons (Fsp3) is 0.261. The number of nitrogens with zero attached hydrogens (tertiary/aromatic N) is 3. The molecule has 32 heavy (non-hydrogen) atoms. The molecule has 7 nitrogen and oxygen atoms in total. The molecular formula is C23H24ClFN4O3. The molecule has 3 aromatic rings. The van der Waals surface area contributed by atoms with E-state index in [0.29, 0.717) is 28.7 Å². The molecule has 0 unspecified atom stereocenters. The number of carbonyl (C=O) groups excluding carboxylic acids is 1. The quantitative estimate of drug-likeness (QED) is 0.380. The Hall–Kier alpha value is -3.39. The minimum atomic E-state index is -0.435. The number of hydrogen-bond acceptors (Lipinski definition) is 5. The van der Waals surface area contributed by atoms with Crippen LogP contribution in [0, 0.1) is 19.7 Å². The predicted octanol–water partition coefficient (Wildman–Crippen LogP) is 4.42. The second kappa shape index (κ2) is 10.8. The zero-order chi connectivity index (χ0) is 23.1. The molecule has 1 heterocycles. The van der Waals surface area contributed by atoms with Gasteiger partial charge < -0.3 is 9.47 Å². The van der Waals surface area contributed by atoms with Crippen LogP contribution in [0.4, 0.5) is 4.39 Å². The molecule has 0 saturated heterocycles. The molecule has 0 saturated carbocycles. The SMILES string of the molecule is CCOc1cc(/C=N/NC(=O)Cn2nc(C)cc2C)ccc1OCc1c(F)cccc1Cl. The van der Waals surface area contributed by atoms with Crippen LogP contribution in [0.1, 0.15) is 29.4 Å². The lowest BCUT2D eigenvalue weighted by Crippen LogP contribution is -2.24. The first-order valence-electron chi connectivity index (χ1n) is 10.0. The van der Waals surface area contributed by atoms with E-state index in [4.69, 9.17) is 21.1 Å². The van der Waals surface area contributed by atoms with Crippen LogP contribution >= 0.6 is 11.6 Å². The average molecular weight is 459 g/mol. The van der Waals surface area contributed by atoms with Crippen LogP contribution in [-0.4, -0.2) is 28.5 Å². The van der Waals surface area contributed by atoms with Gasteiger partial charge in [-0.2, -0.15) is 10.2 Å². The van der Waals surface area contributed by atoms with Crippen LogP contribution in [0.3, 0.4) is 0 Å². The Balaban J connectivity index is 1.64. The minimum Gasteiger partial charge on any atom is -0.490 e. The average Bonchev–Trinajstić information content (AvgIpc) is 3.05. The van der Waals surface area contributed by atoms with Gasteiger partial charge in [-0.05, 0) is 62.7 Å². The number of amides is 1. The van der Waals surface area contributed by atoms with Crippen LogP contribution < -0.4 is 14.9 Å². The largest absolute Gasteiger partial charge is 0.490 e. The van der Waals surface area contributed by atoms with E-state index in [9.17, 15) is 9.18 Å². The van der Waals surface area contributed by atoms with Crippen molar-refractivity contribution in [1.29, 1.82) is 0 Å². The van der Waals surface area contributed by atoms with Crippen LogP contribution in [0.5, 0.6) is 11.5 Å². The van der Waals surface area contributed by atoms with Crippen molar-refractivity contribution in [2.24, 2.45) is 5.10 Å². The van der Waals surface area contributed by atoms with E-state index in [-0.39, 0.29) is 24.6 Å². The van der Waals surface area contributed by atoms with E-state index >= 15 is 0 Å². The van der Waals surface area contributed by atoms with Gasteiger partial charge >= 0.3 is 0 Å². The number of aromatic nitrogens is 2. The minimum absolute atomic E-state index is 0.0403. The lowest BCUT2D eigenvalue weighted by molar-refractivity contribution is -0.121. The summed E-state index contributed by atoms with van der Waals surface area (Å²) >= 11 is 6.06. The van der Waals surface area contributed by atoms with Crippen molar-refractivity contribution >= 4 is 23.7 Å². The monoisotopic (exact) mass is 458 g/mol. The summed E-state index contributed by atoms with van der Waals surface area (Å²) in [6, 6.07) is 11.5. The van der Waals surface area contributed by atoms with Gasteiger partial charge in [0.25, 0.3) is 5.91 Å². The fourth-order valence-electron chi connectivity index (χ4n) is 3.00. The second-order valence-corrected chi connectivity index (χ2v) is 7.41. The summed E-state index contributed by atoms with van der Waals surface area (Å²) in [6.45, 7) is 6.05. The van der Waals surface area contributed by atoms with Gasteiger partial charge in [0.2, 0.25) is 0 Å². The molecule has 168 valence electrons. The highest BCUT2D eigenvalue weighted by atomic mass is 35.5. The zero-order valence-corrected chi connectivity index (χ0v) is 18.8. The molecule has 2 aromatic carbocycles. The number of hydrogen-bond donors (Lipinski definition) is 1. The number of hydrazone groups is 1. The van der Waals surface area contributed by atoms with E-state index in [1.165, 1.54) is 18.3 Å². The van der Waals surface area contributed by atoms with Crippen molar-refractivity contribution < 1.29 is 18.7 Å². The fourth-order valence-corrected chi connectivity index (χ4v) is 3.22. The molecule has 1 amide bonds. The van der Waals surface area contributed by atoms with Crippen molar-refractivity contribution in [2.75, 3.05) is 6.61 Å². The van der Waals surface area contributed by atoms with E-state index in [0.717, 1.165) is 11.4 Å². The van der Waals surface area contributed by atoms with Gasteiger partial charge in [-0.1, -0.05) is 17.7 Å². The van der Waals surface area contributed by atoms with Crippen molar-refractivity contribution in [1.82, 2.24) is 15.2 Å². The van der Waals surface area contributed by atoms with Gasteiger partial charge in [0.1, 0.15) is 19.0 Å². The maximum Gasteiger partial charge on any atom is 0.261 e. The van der Waals surface area contributed by atoms with E-state index in [1.807, 2.05) is 26.8 Å². The van der Waals surface area contributed by atoms with E-state index < -0.39 is 5.82 Å². The molecule has 0 aliphatic heterocycles. The normalized spacial score (nSPS) is 11.0. The third-order valence-electron chi connectivity index (χ3n) is 4.50. The van der Waals surface area contributed by atoms with Gasteiger partial charge in [0.15, 0.2) is 11.5 Å². The number of rotatable bonds is 9. The smallest absolute Gasteiger partial charge is 0.261 e. The van der Waals surface area contributed by atoms with Gasteiger partial charge in [0, 0.05) is 11.3 Å². The number of nitrogens with one attached hydrogen (secondary N) is 1. The molecule has 0 spiro atoms. The summed E-state index contributed by atoms with van der Waals surface area (Å²) in [5.41, 5.74) is 5.19. The van der Waals surface area contributed by atoms with Gasteiger partial charge in [0.05, 0.1) is 23.5 Å². The number of carbonyl (C=O) groups is 1. The molecular weight excluding hydrogens is 435 g/mol. The molecule has 0 aliphatic carbocycles. The standard InChI is InChI=1S/C23H24ClFN4O3/c1-4-31-22-11-17(12-26-27-23(30)13-29-16(3)10-15(2)28-29)8-9-21(22)32-14-18-19(24)6-5-7-20(18)25/h5-12H,4,13-14H2,1-3H3,(H,27,30)/b26-12+. The Morgan fingerprint density at radius 2 is 2.03 bits per heavy atom. The molecule has 0 aliphatic rings. The maximum absolute atomic E-state index is 14.0. The molecule has 0 fully saturated rings. The highest BCUT2D eigenvalue weighted by Crippen LogP contribution is 2.30. The van der Waals surface area contributed by atoms with E-state index in [2.05, 4.69) is 15.6 Å². The van der Waals surface area contributed by atoms with Gasteiger partial charge in [-0.15, -0.1) is 0 Å². The maximum atomic E-state index is 14.0. The van der Waals surface area contributed by atoms with Crippen molar-refractivity contribution in [2.45, 2.75) is 33.9 Å². The summed E-state index contributed by atoms with van der Waals surface area (Å²) in [7, 11) is 0. The lowest BCUT2D eigenvalue weighted by Gasteiger charge is -2.13. The second-order valence-electron chi connectivity index (χ2n) is 7.01. The summed E-state index contributed by atoms with van der Waals surface area (Å²) in [4.78, 5) is 12.1. The Morgan fingerprint density at radius 1 is 1.22 bits per heavy atom. The highest BCUT2D eigenvalue weighted by Gasteiger charge is 2.11. The number of ether oxygens (including phenoxy) is 2. The Labute approximate surface area is 190 Å².